The van der Waals surface area contributed by atoms with E-state index in [1.807, 2.05) is 26.8 Å². The number of benzene rings is 2. The highest BCUT2D eigenvalue weighted by Gasteiger charge is 2.32. The first kappa shape index (κ1) is 29.5. The van der Waals surface area contributed by atoms with E-state index in [0.29, 0.717) is 28.4 Å². The predicted octanol–water partition coefficient (Wildman–Crippen LogP) is 4.15. The van der Waals surface area contributed by atoms with Crippen LogP contribution in [0.2, 0.25) is 5.02 Å². The zero-order chi connectivity index (χ0) is 27.0. The van der Waals surface area contributed by atoms with Gasteiger partial charge in [0.1, 0.15) is 18.3 Å². The number of halogens is 1. The fourth-order valence-corrected chi connectivity index (χ4v) is 4.84. The lowest BCUT2D eigenvalue weighted by Crippen LogP contribution is -2.53. The van der Waals surface area contributed by atoms with Gasteiger partial charge in [0.15, 0.2) is 0 Å². The third-order valence-corrected chi connectivity index (χ3v) is 7.35. The van der Waals surface area contributed by atoms with E-state index in [4.69, 9.17) is 16.3 Å². The first-order valence-corrected chi connectivity index (χ1v) is 14.1. The molecule has 0 aliphatic carbocycles. The van der Waals surface area contributed by atoms with Gasteiger partial charge in [0.2, 0.25) is 21.8 Å². The van der Waals surface area contributed by atoms with Crippen molar-refractivity contribution in [2.24, 2.45) is 0 Å². The summed E-state index contributed by atoms with van der Waals surface area (Å²) >= 11 is 6.14. The maximum absolute atomic E-state index is 13.8. The highest BCUT2D eigenvalue weighted by atomic mass is 35.5. The molecule has 36 heavy (non-hydrogen) atoms. The summed E-state index contributed by atoms with van der Waals surface area (Å²) in [7, 11) is -2.29. The Balaban J connectivity index is 2.50. The van der Waals surface area contributed by atoms with E-state index in [2.05, 4.69) is 5.32 Å². The van der Waals surface area contributed by atoms with E-state index in [0.717, 1.165) is 22.5 Å². The smallest absolute Gasteiger partial charge is 0.244 e. The van der Waals surface area contributed by atoms with Crippen LogP contribution in [0.1, 0.15) is 44.7 Å². The number of ether oxygens (including phenoxy) is 1. The molecule has 10 heteroatoms. The first-order chi connectivity index (χ1) is 16.9. The molecule has 0 saturated carbocycles. The van der Waals surface area contributed by atoms with Crippen LogP contribution in [0.25, 0.3) is 0 Å². The summed E-state index contributed by atoms with van der Waals surface area (Å²) in [5.41, 5.74) is 1.72. The van der Waals surface area contributed by atoms with Crippen molar-refractivity contribution in [2.45, 2.75) is 59.2 Å². The molecule has 2 rings (SSSR count). The van der Waals surface area contributed by atoms with Crippen LogP contribution >= 0.6 is 11.6 Å². The molecule has 2 unspecified atom stereocenters. The van der Waals surface area contributed by atoms with Crippen molar-refractivity contribution in [2.75, 3.05) is 24.2 Å². The molecule has 0 heterocycles. The number of nitrogens with zero attached hydrogens (tertiary/aromatic N) is 2. The number of hydrogen-bond acceptors (Lipinski definition) is 5. The van der Waals surface area contributed by atoms with Crippen LogP contribution in [0.5, 0.6) is 5.75 Å². The molecular weight excluding hydrogens is 502 g/mol. The number of rotatable bonds is 12. The average Bonchev–Trinajstić information content (AvgIpc) is 2.83. The lowest BCUT2D eigenvalue weighted by Gasteiger charge is -2.33. The van der Waals surface area contributed by atoms with Crippen molar-refractivity contribution in [3.05, 3.63) is 58.6 Å². The van der Waals surface area contributed by atoms with E-state index < -0.39 is 28.5 Å². The topological polar surface area (TPSA) is 96.0 Å². The molecule has 0 aliphatic heterocycles. The fraction of sp³-hybridized carbons (Fsp3) is 0.462. The van der Waals surface area contributed by atoms with E-state index in [9.17, 15) is 18.0 Å². The number of methoxy groups -OCH3 is 1. The van der Waals surface area contributed by atoms with E-state index in [-0.39, 0.29) is 18.5 Å². The molecule has 198 valence electrons. The summed E-state index contributed by atoms with van der Waals surface area (Å²) in [5.74, 6) is -0.175. The van der Waals surface area contributed by atoms with E-state index in [1.54, 1.807) is 44.4 Å². The van der Waals surface area contributed by atoms with Gasteiger partial charge < -0.3 is 15.0 Å². The summed E-state index contributed by atoms with van der Waals surface area (Å²) in [5, 5.41) is 3.30. The van der Waals surface area contributed by atoms with Gasteiger partial charge >= 0.3 is 0 Å². The molecule has 0 aliphatic rings. The highest BCUT2D eigenvalue weighted by Crippen LogP contribution is 2.27. The van der Waals surface area contributed by atoms with Gasteiger partial charge in [-0.25, -0.2) is 8.42 Å². The second kappa shape index (κ2) is 13.0. The summed E-state index contributed by atoms with van der Waals surface area (Å²) in [6, 6.07) is 11.2. The monoisotopic (exact) mass is 537 g/mol. The maximum Gasteiger partial charge on any atom is 0.244 e. The number of anilines is 1. The van der Waals surface area contributed by atoms with Crippen molar-refractivity contribution < 1.29 is 22.7 Å². The Bertz CT molecular complexity index is 1170. The predicted molar refractivity (Wildman–Crippen MR) is 144 cm³/mol. The number of carbonyl (C=O) groups is 2. The Morgan fingerprint density at radius 1 is 1.11 bits per heavy atom. The van der Waals surface area contributed by atoms with Gasteiger partial charge in [-0.3, -0.25) is 13.9 Å². The Morgan fingerprint density at radius 3 is 2.39 bits per heavy atom. The van der Waals surface area contributed by atoms with Crippen LogP contribution < -0.4 is 14.4 Å². The van der Waals surface area contributed by atoms with Gasteiger partial charge in [-0.15, -0.1) is 0 Å². The van der Waals surface area contributed by atoms with Gasteiger partial charge in [0, 0.05) is 17.6 Å². The molecule has 0 bridgehead atoms. The normalized spacial score (nSPS) is 13.0. The molecule has 0 aromatic heterocycles. The van der Waals surface area contributed by atoms with Gasteiger partial charge in [0.05, 0.1) is 19.1 Å². The van der Waals surface area contributed by atoms with Crippen molar-refractivity contribution in [1.82, 2.24) is 10.2 Å². The van der Waals surface area contributed by atoms with E-state index in [1.165, 1.54) is 11.0 Å². The summed E-state index contributed by atoms with van der Waals surface area (Å²) in [6.45, 7) is 7.05. The number of aryl methyl sites for hydroxylation is 1. The van der Waals surface area contributed by atoms with Gasteiger partial charge in [-0.05, 0) is 62.1 Å². The largest absolute Gasteiger partial charge is 0.497 e. The minimum Gasteiger partial charge on any atom is -0.497 e. The fourth-order valence-electron chi connectivity index (χ4n) is 3.77. The molecule has 0 saturated heterocycles. The zero-order valence-electron chi connectivity index (χ0n) is 21.7. The highest BCUT2D eigenvalue weighted by molar-refractivity contribution is 7.92. The molecule has 2 aromatic carbocycles. The summed E-state index contributed by atoms with van der Waals surface area (Å²) < 4.78 is 31.9. The summed E-state index contributed by atoms with van der Waals surface area (Å²) in [4.78, 5) is 28.4. The second-order valence-electron chi connectivity index (χ2n) is 8.82. The van der Waals surface area contributed by atoms with Crippen molar-refractivity contribution in [1.29, 1.82) is 0 Å². The Morgan fingerprint density at radius 2 is 1.81 bits per heavy atom. The van der Waals surface area contributed by atoms with E-state index >= 15 is 0 Å². The molecule has 1 N–H and O–H groups in total. The van der Waals surface area contributed by atoms with Crippen molar-refractivity contribution in [3.63, 3.8) is 0 Å². The number of nitrogens with one attached hydrogen (secondary N) is 1. The van der Waals surface area contributed by atoms with Gasteiger partial charge in [-0.2, -0.15) is 0 Å². The van der Waals surface area contributed by atoms with Gasteiger partial charge in [-0.1, -0.05) is 43.6 Å². The summed E-state index contributed by atoms with van der Waals surface area (Å²) in [6.07, 6.45) is 2.13. The quantitative estimate of drug-likeness (QED) is 0.439. The van der Waals surface area contributed by atoms with Crippen LogP contribution in [0, 0.1) is 6.92 Å². The third-order valence-electron chi connectivity index (χ3n) is 5.99. The Labute approximate surface area is 219 Å². The molecule has 8 nitrogen and oxygen atoms in total. The standard InChI is InChI=1S/C26H36ClN3O5S/c1-7-19(4)28-26(32)23(8-2)29(16-20-10-9-11-22(14-20)35-5)25(31)17-30(36(6,33)34)24-15-21(27)13-12-18(24)3/h9-15,19,23H,7-8,16-17H2,1-6H3,(H,28,32). The second-order valence-corrected chi connectivity index (χ2v) is 11.2. The average molecular weight is 538 g/mol. The number of sulfonamides is 1. The van der Waals surface area contributed by atoms with Gasteiger partial charge in [0.25, 0.3) is 0 Å². The molecule has 2 aromatic rings. The molecule has 0 spiro atoms. The Kier molecular flexibility index (Phi) is 10.6. The lowest BCUT2D eigenvalue weighted by molar-refractivity contribution is -0.140. The maximum atomic E-state index is 13.8. The number of amides is 2. The van der Waals surface area contributed by atoms with Crippen LogP contribution in [0.4, 0.5) is 5.69 Å². The van der Waals surface area contributed by atoms with Crippen LogP contribution in [0.15, 0.2) is 42.5 Å². The molecular formula is C26H36ClN3O5S. The van der Waals surface area contributed by atoms with Crippen LogP contribution in [-0.4, -0.2) is 57.1 Å². The number of hydrogen-bond donors (Lipinski definition) is 1. The SMILES string of the molecule is CCC(C)NC(=O)C(CC)N(Cc1cccc(OC)c1)C(=O)CN(c1cc(Cl)ccc1C)S(C)(=O)=O. The lowest BCUT2D eigenvalue weighted by atomic mass is 10.1. The molecule has 0 fully saturated rings. The molecule has 0 radical (unpaired) electrons. The zero-order valence-corrected chi connectivity index (χ0v) is 23.3. The molecule has 2 atom stereocenters. The first-order valence-electron chi connectivity index (χ1n) is 11.9. The molecule has 2 amide bonds. The minimum atomic E-state index is -3.84. The minimum absolute atomic E-state index is 0.0676. The van der Waals surface area contributed by atoms with Crippen LogP contribution in [-0.2, 0) is 26.2 Å². The Hall–Kier alpha value is -2.78. The number of carbonyl (C=O) groups excluding carboxylic acids is 2. The van der Waals surface area contributed by atoms with Crippen molar-refractivity contribution >= 4 is 39.1 Å². The van der Waals surface area contributed by atoms with Crippen molar-refractivity contribution in [3.8, 4) is 5.75 Å². The third kappa shape index (κ3) is 7.86. The van der Waals surface area contributed by atoms with Crippen LogP contribution in [0.3, 0.4) is 0 Å².